The minimum absolute atomic E-state index is 0.274. The Balaban J connectivity index is 1.93. The highest BCUT2D eigenvalue weighted by molar-refractivity contribution is 5.96. The summed E-state index contributed by atoms with van der Waals surface area (Å²) in [5, 5.41) is 14.1. The molecule has 2 rings (SSSR count). The SMILES string of the molecule is NC(=O)NCc1ccc(C(=O)NC(CC2CC2)C(=O)O)cc1. The monoisotopic (exact) mass is 305 g/mol. The largest absolute Gasteiger partial charge is 0.480 e. The van der Waals surface area contributed by atoms with Crippen LogP contribution in [0.3, 0.4) is 0 Å². The summed E-state index contributed by atoms with van der Waals surface area (Å²) in [7, 11) is 0. The van der Waals surface area contributed by atoms with Crippen molar-refractivity contribution in [3.63, 3.8) is 0 Å². The Morgan fingerprint density at radius 3 is 2.36 bits per heavy atom. The van der Waals surface area contributed by atoms with Gasteiger partial charge < -0.3 is 21.5 Å². The lowest BCUT2D eigenvalue weighted by Crippen LogP contribution is -2.41. The van der Waals surface area contributed by atoms with Gasteiger partial charge in [0.2, 0.25) is 0 Å². The van der Waals surface area contributed by atoms with E-state index in [1.165, 1.54) is 0 Å². The second kappa shape index (κ2) is 6.93. The lowest BCUT2D eigenvalue weighted by molar-refractivity contribution is -0.139. The summed E-state index contributed by atoms with van der Waals surface area (Å²) in [6.07, 6.45) is 2.53. The van der Waals surface area contributed by atoms with Crippen molar-refractivity contribution in [2.75, 3.05) is 0 Å². The van der Waals surface area contributed by atoms with Crippen LogP contribution in [-0.2, 0) is 11.3 Å². The van der Waals surface area contributed by atoms with Crippen molar-refractivity contribution in [2.45, 2.75) is 31.8 Å². The second-order valence-corrected chi connectivity index (χ2v) is 5.46. The first-order chi connectivity index (χ1) is 10.5. The van der Waals surface area contributed by atoms with Gasteiger partial charge >= 0.3 is 12.0 Å². The van der Waals surface area contributed by atoms with Crippen molar-refractivity contribution in [1.29, 1.82) is 0 Å². The molecule has 0 spiro atoms. The average Bonchev–Trinajstić information content (AvgIpc) is 3.28. The van der Waals surface area contributed by atoms with E-state index in [2.05, 4.69) is 10.6 Å². The molecule has 1 aliphatic carbocycles. The van der Waals surface area contributed by atoms with Gasteiger partial charge in [-0.2, -0.15) is 0 Å². The van der Waals surface area contributed by atoms with Crippen LogP contribution in [0.25, 0.3) is 0 Å². The summed E-state index contributed by atoms with van der Waals surface area (Å²) in [5.74, 6) is -1.02. The van der Waals surface area contributed by atoms with Gasteiger partial charge in [0.25, 0.3) is 5.91 Å². The van der Waals surface area contributed by atoms with Crippen LogP contribution in [-0.4, -0.2) is 29.1 Å². The zero-order chi connectivity index (χ0) is 16.1. The molecule has 0 heterocycles. The molecule has 7 nitrogen and oxygen atoms in total. The van der Waals surface area contributed by atoms with Crippen LogP contribution in [0, 0.1) is 5.92 Å². The minimum atomic E-state index is -1.01. The highest BCUT2D eigenvalue weighted by Crippen LogP contribution is 2.33. The number of rotatable bonds is 7. The molecule has 0 radical (unpaired) electrons. The van der Waals surface area contributed by atoms with Crippen molar-refractivity contribution in [1.82, 2.24) is 10.6 Å². The Hall–Kier alpha value is -2.57. The summed E-state index contributed by atoms with van der Waals surface area (Å²) in [5.41, 5.74) is 6.15. The Labute approximate surface area is 127 Å². The molecule has 1 unspecified atom stereocenters. The van der Waals surface area contributed by atoms with Gasteiger partial charge in [-0.15, -0.1) is 0 Å². The van der Waals surface area contributed by atoms with Crippen LogP contribution in [0.4, 0.5) is 4.79 Å². The maximum absolute atomic E-state index is 12.1. The lowest BCUT2D eigenvalue weighted by atomic mass is 10.1. The van der Waals surface area contributed by atoms with Gasteiger partial charge in [-0.05, 0) is 30.0 Å². The highest BCUT2D eigenvalue weighted by Gasteiger charge is 2.30. The Kier molecular flexibility index (Phi) is 4.98. The molecule has 5 N–H and O–H groups in total. The van der Waals surface area contributed by atoms with E-state index in [1.54, 1.807) is 24.3 Å². The molecule has 1 aromatic rings. The van der Waals surface area contributed by atoms with Gasteiger partial charge in [-0.1, -0.05) is 25.0 Å². The average molecular weight is 305 g/mol. The number of aliphatic carboxylic acids is 1. The van der Waals surface area contributed by atoms with Crippen molar-refractivity contribution >= 4 is 17.9 Å². The number of nitrogens with one attached hydrogen (secondary N) is 2. The fourth-order valence-electron chi connectivity index (χ4n) is 2.11. The normalized spacial score (nSPS) is 14.9. The molecule has 118 valence electrons. The fourth-order valence-corrected chi connectivity index (χ4v) is 2.11. The van der Waals surface area contributed by atoms with E-state index in [1.807, 2.05) is 0 Å². The molecule has 7 heteroatoms. The first-order valence-corrected chi connectivity index (χ1v) is 7.11. The Morgan fingerprint density at radius 1 is 1.23 bits per heavy atom. The molecule has 1 saturated carbocycles. The number of urea groups is 1. The molecule has 0 aromatic heterocycles. The maximum atomic E-state index is 12.1. The van der Waals surface area contributed by atoms with Crippen molar-refractivity contribution < 1.29 is 19.5 Å². The molecule has 0 aliphatic heterocycles. The van der Waals surface area contributed by atoms with Crippen LogP contribution in [0.2, 0.25) is 0 Å². The number of primary amides is 1. The second-order valence-electron chi connectivity index (χ2n) is 5.46. The van der Waals surface area contributed by atoms with Crippen LogP contribution in [0.15, 0.2) is 24.3 Å². The van der Waals surface area contributed by atoms with Gasteiger partial charge in [0, 0.05) is 12.1 Å². The zero-order valence-electron chi connectivity index (χ0n) is 12.0. The molecule has 3 amide bonds. The van der Waals surface area contributed by atoms with E-state index < -0.39 is 23.9 Å². The van der Waals surface area contributed by atoms with E-state index >= 15 is 0 Å². The summed E-state index contributed by atoms with van der Waals surface area (Å²) in [6, 6.07) is 5.07. The number of carbonyl (C=O) groups is 3. The molecule has 1 aliphatic rings. The topological polar surface area (TPSA) is 122 Å². The predicted molar refractivity (Wildman–Crippen MR) is 79.1 cm³/mol. The Morgan fingerprint density at radius 2 is 1.86 bits per heavy atom. The molecular weight excluding hydrogens is 286 g/mol. The molecule has 22 heavy (non-hydrogen) atoms. The number of carboxylic acid groups (broad SMARTS) is 1. The summed E-state index contributed by atoms with van der Waals surface area (Å²) in [6.45, 7) is 0.274. The lowest BCUT2D eigenvalue weighted by Gasteiger charge is -2.14. The molecule has 1 atom stereocenters. The summed E-state index contributed by atoms with van der Waals surface area (Å²) < 4.78 is 0. The maximum Gasteiger partial charge on any atom is 0.326 e. The number of carboxylic acids is 1. The van der Waals surface area contributed by atoms with E-state index in [9.17, 15) is 14.4 Å². The standard InChI is InChI=1S/C15H19N3O4/c16-15(22)17-8-10-3-5-11(6-4-10)13(19)18-12(14(20)21)7-9-1-2-9/h3-6,9,12H,1-2,7-8H2,(H,18,19)(H,20,21)(H3,16,17,22). The van der Waals surface area contributed by atoms with Gasteiger partial charge in [-0.25, -0.2) is 9.59 Å². The van der Waals surface area contributed by atoms with E-state index in [0.717, 1.165) is 18.4 Å². The minimum Gasteiger partial charge on any atom is -0.480 e. The van der Waals surface area contributed by atoms with Crippen LogP contribution in [0.1, 0.15) is 35.2 Å². The number of carbonyl (C=O) groups excluding carboxylic acids is 2. The van der Waals surface area contributed by atoms with Gasteiger partial charge in [0.15, 0.2) is 0 Å². The fraction of sp³-hybridized carbons (Fsp3) is 0.400. The van der Waals surface area contributed by atoms with Crippen molar-refractivity contribution in [3.05, 3.63) is 35.4 Å². The Bertz CT molecular complexity index is 567. The first kappa shape index (κ1) is 15.8. The highest BCUT2D eigenvalue weighted by atomic mass is 16.4. The van der Waals surface area contributed by atoms with Crippen molar-refractivity contribution in [3.8, 4) is 0 Å². The molecule has 1 fully saturated rings. The van der Waals surface area contributed by atoms with E-state index in [-0.39, 0.29) is 6.54 Å². The molecule has 1 aromatic carbocycles. The third kappa shape index (κ3) is 4.76. The van der Waals surface area contributed by atoms with Gasteiger partial charge in [0.1, 0.15) is 6.04 Å². The summed E-state index contributed by atoms with van der Waals surface area (Å²) in [4.78, 5) is 33.9. The quantitative estimate of drug-likeness (QED) is 0.596. The summed E-state index contributed by atoms with van der Waals surface area (Å²) >= 11 is 0. The number of benzene rings is 1. The van der Waals surface area contributed by atoms with Crippen LogP contribution in [0.5, 0.6) is 0 Å². The molecule has 0 saturated heterocycles. The number of nitrogens with two attached hydrogens (primary N) is 1. The molecular formula is C15H19N3O4. The predicted octanol–water partition coefficient (Wildman–Crippen LogP) is 0.838. The smallest absolute Gasteiger partial charge is 0.326 e. The van der Waals surface area contributed by atoms with Crippen LogP contribution >= 0.6 is 0 Å². The van der Waals surface area contributed by atoms with E-state index in [4.69, 9.17) is 10.8 Å². The first-order valence-electron chi connectivity index (χ1n) is 7.11. The van der Waals surface area contributed by atoms with E-state index in [0.29, 0.717) is 17.9 Å². The molecule has 0 bridgehead atoms. The number of amides is 3. The number of hydrogen-bond acceptors (Lipinski definition) is 3. The van der Waals surface area contributed by atoms with Gasteiger partial charge in [0.05, 0.1) is 0 Å². The third-order valence-electron chi connectivity index (χ3n) is 3.55. The number of hydrogen-bond donors (Lipinski definition) is 4. The van der Waals surface area contributed by atoms with Gasteiger partial charge in [-0.3, -0.25) is 4.79 Å². The zero-order valence-corrected chi connectivity index (χ0v) is 12.0. The third-order valence-corrected chi connectivity index (χ3v) is 3.55. The van der Waals surface area contributed by atoms with Crippen LogP contribution < -0.4 is 16.4 Å². The van der Waals surface area contributed by atoms with Crippen molar-refractivity contribution in [2.24, 2.45) is 11.7 Å².